The molecule has 1 aliphatic carbocycles. The largest absolute Gasteiger partial charge is 0.354 e. The van der Waals surface area contributed by atoms with Crippen LogP contribution in [0.2, 0.25) is 0 Å². The Labute approximate surface area is 193 Å². The molecular weight excluding hydrogens is 475 g/mol. The molecular formula is C22H37IN6. The van der Waals surface area contributed by atoms with E-state index in [0.29, 0.717) is 5.41 Å². The number of hydrogen-bond acceptors (Lipinski definition) is 4. The van der Waals surface area contributed by atoms with Crippen LogP contribution in [-0.2, 0) is 6.54 Å². The number of halogens is 1. The van der Waals surface area contributed by atoms with E-state index in [1.807, 2.05) is 13.2 Å². The van der Waals surface area contributed by atoms with E-state index < -0.39 is 0 Å². The van der Waals surface area contributed by atoms with Crippen LogP contribution in [0.4, 0.5) is 5.82 Å². The Hall–Kier alpha value is -1.09. The minimum absolute atomic E-state index is 0. The van der Waals surface area contributed by atoms with E-state index in [1.165, 1.54) is 50.6 Å². The molecule has 6 nitrogen and oxygen atoms in total. The zero-order valence-electron chi connectivity index (χ0n) is 18.1. The van der Waals surface area contributed by atoms with Gasteiger partial charge in [-0.25, -0.2) is 4.98 Å². The smallest absolute Gasteiger partial charge is 0.193 e. The van der Waals surface area contributed by atoms with Crippen molar-refractivity contribution in [1.82, 2.24) is 20.1 Å². The number of anilines is 1. The number of likely N-dealkylation sites (N-methyl/N-ethyl adjacent to an activating group) is 1. The number of nitrogens with one attached hydrogen (secondary N) is 1. The molecule has 1 aromatic rings. The number of pyridine rings is 1. The minimum Gasteiger partial charge on any atom is -0.354 e. The zero-order valence-corrected chi connectivity index (χ0v) is 20.4. The minimum atomic E-state index is 0. The third-order valence-electron chi connectivity index (χ3n) is 6.95. The van der Waals surface area contributed by atoms with Gasteiger partial charge >= 0.3 is 0 Å². The molecule has 0 amide bonds. The van der Waals surface area contributed by atoms with Crippen LogP contribution < -0.4 is 10.2 Å². The maximum atomic E-state index is 4.61. The SMILES string of the molecule is CN=C(NCc1ccnc(N2CCN(C)CC2)c1)N1CCC2(CCCCC2)C1.I. The van der Waals surface area contributed by atoms with Gasteiger partial charge in [0.1, 0.15) is 5.82 Å². The normalized spacial score (nSPS) is 22.6. The van der Waals surface area contributed by atoms with Gasteiger partial charge in [0.15, 0.2) is 5.96 Å². The summed E-state index contributed by atoms with van der Waals surface area (Å²) in [5, 5.41) is 3.61. The van der Waals surface area contributed by atoms with E-state index in [1.54, 1.807) is 0 Å². The Morgan fingerprint density at radius 3 is 2.59 bits per heavy atom. The second-order valence-corrected chi connectivity index (χ2v) is 8.95. The molecule has 1 spiro atoms. The van der Waals surface area contributed by atoms with Crippen molar-refractivity contribution in [2.45, 2.75) is 45.1 Å². The van der Waals surface area contributed by atoms with Gasteiger partial charge in [-0.2, -0.15) is 0 Å². The van der Waals surface area contributed by atoms with Crippen LogP contribution in [0.1, 0.15) is 44.1 Å². The summed E-state index contributed by atoms with van der Waals surface area (Å²) in [6.07, 6.45) is 10.3. The first-order valence-corrected chi connectivity index (χ1v) is 11.0. The van der Waals surface area contributed by atoms with Crippen molar-refractivity contribution in [3.63, 3.8) is 0 Å². The van der Waals surface area contributed by atoms with E-state index in [0.717, 1.165) is 51.0 Å². The summed E-state index contributed by atoms with van der Waals surface area (Å²) < 4.78 is 0. The summed E-state index contributed by atoms with van der Waals surface area (Å²) in [7, 11) is 4.10. The Morgan fingerprint density at radius 2 is 1.86 bits per heavy atom. The monoisotopic (exact) mass is 512 g/mol. The molecule has 0 aromatic carbocycles. The Kier molecular flexibility index (Phi) is 8.01. The van der Waals surface area contributed by atoms with E-state index in [-0.39, 0.29) is 24.0 Å². The van der Waals surface area contributed by atoms with Gasteiger partial charge in [0.25, 0.3) is 0 Å². The van der Waals surface area contributed by atoms with E-state index in [4.69, 9.17) is 0 Å². The van der Waals surface area contributed by atoms with Gasteiger partial charge in [-0.05, 0) is 49.4 Å². The Morgan fingerprint density at radius 1 is 1.10 bits per heavy atom. The maximum Gasteiger partial charge on any atom is 0.193 e. The quantitative estimate of drug-likeness (QED) is 0.383. The number of likely N-dealkylation sites (tertiary alicyclic amines) is 1. The van der Waals surface area contributed by atoms with Crippen molar-refractivity contribution >= 4 is 35.8 Å². The average Bonchev–Trinajstić information content (AvgIpc) is 3.13. The highest BCUT2D eigenvalue weighted by Crippen LogP contribution is 2.43. The van der Waals surface area contributed by atoms with Gasteiger partial charge in [-0.15, -0.1) is 24.0 Å². The molecule has 0 unspecified atom stereocenters. The van der Waals surface area contributed by atoms with Crippen LogP contribution in [0.25, 0.3) is 0 Å². The molecule has 4 rings (SSSR count). The summed E-state index contributed by atoms with van der Waals surface area (Å²) in [4.78, 5) is 16.4. The van der Waals surface area contributed by atoms with Crippen LogP contribution in [0.3, 0.4) is 0 Å². The summed E-state index contributed by atoms with van der Waals surface area (Å²) >= 11 is 0. The predicted octanol–water partition coefficient (Wildman–Crippen LogP) is 3.18. The molecule has 0 bridgehead atoms. The number of guanidine groups is 1. The molecule has 0 atom stereocenters. The fourth-order valence-corrected chi connectivity index (χ4v) is 5.12. The Bertz CT molecular complexity index is 680. The molecule has 1 saturated carbocycles. The number of piperazine rings is 1. The van der Waals surface area contributed by atoms with Crippen LogP contribution >= 0.6 is 24.0 Å². The van der Waals surface area contributed by atoms with Crippen LogP contribution in [-0.4, -0.2) is 74.1 Å². The number of rotatable bonds is 3. The molecule has 2 aliphatic heterocycles. The predicted molar refractivity (Wildman–Crippen MR) is 131 cm³/mol. The topological polar surface area (TPSA) is 47.0 Å². The van der Waals surface area contributed by atoms with Gasteiger partial charge in [0.2, 0.25) is 0 Å². The van der Waals surface area contributed by atoms with Crippen LogP contribution in [0, 0.1) is 5.41 Å². The van der Waals surface area contributed by atoms with Crippen LogP contribution in [0.5, 0.6) is 0 Å². The average molecular weight is 512 g/mol. The van der Waals surface area contributed by atoms with E-state index >= 15 is 0 Å². The highest BCUT2D eigenvalue weighted by Gasteiger charge is 2.39. The molecule has 3 fully saturated rings. The second kappa shape index (κ2) is 10.3. The standard InChI is InChI=1S/C22H36N6.HI/c1-23-21(28-11-9-22(18-28)7-4-3-5-8-22)25-17-19-6-10-24-20(16-19)27-14-12-26(2)13-15-27;/h6,10,16H,3-5,7-9,11-15,17-18H2,1-2H3,(H,23,25);1H. The number of aliphatic imine (C=N–C) groups is 1. The first-order valence-electron chi connectivity index (χ1n) is 11.0. The van der Waals surface area contributed by atoms with Gasteiger partial charge in [-0.1, -0.05) is 19.3 Å². The van der Waals surface area contributed by atoms with E-state index in [9.17, 15) is 0 Å². The first kappa shape index (κ1) is 22.6. The van der Waals surface area contributed by atoms with Crippen molar-refractivity contribution in [3.8, 4) is 0 Å². The maximum absolute atomic E-state index is 4.61. The van der Waals surface area contributed by atoms with Crippen molar-refractivity contribution in [2.24, 2.45) is 10.4 Å². The summed E-state index contributed by atoms with van der Waals surface area (Å²) in [6.45, 7) is 7.44. The van der Waals surface area contributed by atoms with Gasteiger partial charge < -0.3 is 20.0 Å². The first-order chi connectivity index (χ1) is 13.7. The number of nitrogens with zero attached hydrogens (tertiary/aromatic N) is 5. The molecule has 162 valence electrons. The molecule has 1 aromatic heterocycles. The lowest BCUT2D eigenvalue weighted by atomic mass is 9.73. The van der Waals surface area contributed by atoms with Crippen molar-refractivity contribution in [3.05, 3.63) is 23.9 Å². The van der Waals surface area contributed by atoms with Gasteiger partial charge in [-0.3, -0.25) is 4.99 Å². The summed E-state index contributed by atoms with van der Waals surface area (Å²) in [5.74, 6) is 2.16. The zero-order chi connectivity index (χ0) is 19.4. The fourth-order valence-electron chi connectivity index (χ4n) is 5.12. The summed E-state index contributed by atoms with van der Waals surface area (Å²) in [5.41, 5.74) is 1.83. The summed E-state index contributed by atoms with van der Waals surface area (Å²) in [6, 6.07) is 4.35. The van der Waals surface area contributed by atoms with Crippen molar-refractivity contribution in [2.75, 3.05) is 58.3 Å². The van der Waals surface area contributed by atoms with Crippen molar-refractivity contribution in [1.29, 1.82) is 0 Å². The fraction of sp³-hybridized carbons (Fsp3) is 0.727. The lowest BCUT2D eigenvalue weighted by molar-refractivity contribution is 0.203. The molecule has 29 heavy (non-hydrogen) atoms. The Balaban J connectivity index is 0.00000240. The molecule has 3 heterocycles. The third-order valence-corrected chi connectivity index (χ3v) is 6.95. The third kappa shape index (κ3) is 5.54. The molecule has 2 saturated heterocycles. The van der Waals surface area contributed by atoms with Crippen molar-refractivity contribution < 1.29 is 0 Å². The number of hydrogen-bond donors (Lipinski definition) is 1. The molecule has 7 heteroatoms. The lowest BCUT2D eigenvalue weighted by Crippen LogP contribution is -2.44. The van der Waals surface area contributed by atoms with Crippen LogP contribution in [0.15, 0.2) is 23.3 Å². The van der Waals surface area contributed by atoms with E-state index in [2.05, 4.69) is 49.2 Å². The highest BCUT2D eigenvalue weighted by molar-refractivity contribution is 14.0. The van der Waals surface area contributed by atoms with Gasteiger partial charge in [0, 0.05) is 59.1 Å². The molecule has 3 aliphatic rings. The lowest BCUT2D eigenvalue weighted by Gasteiger charge is -2.34. The molecule has 0 radical (unpaired) electrons. The number of aromatic nitrogens is 1. The van der Waals surface area contributed by atoms with Gasteiger partial charge in [0.05, 0.1) is 0 Å². The second-order valence-electron chi connectivity index (χ2n) is 8.95. The highest BCUT2D eigenvalue weighted by atomic mass is 127. The molecule has 1 N–H and O–H groups in total.